The molecule has 2 atom stereocenters. The van der Waals surface area contributed by atoms with Crippen LogP contribution in [0.2, 0.25) is 0 Å². The molecule has 0 aliphatic heterocycles. The van der Waals surface area contributed by atoms with Crippen molar-refractivity contribution < 1.29 is 19.0 Å². The largest absolute Gasteiger partial charge is 0.385 e. The molecule has 0 aliphatic carbocycles. The third-order valence-corrected chi connectivity index (χ3v) is 2.39. The summed E-state index contributed by atoms with van der Waals surface area (Å²) in [6.45, 7) is 1.46. The Morgan fingerprint density at radius 1 is 1.29 bits per heavy atom. The maximum absolute atomic E-state index is 11.6. The molecule has 0 spiro atoms. The molecule has 0 fully saturated rings. The number of nitrogens with two attached hydrogens (primary N) is 1. The molecule has 0 heterocycles. The zero-order valence-corrected chi connectivity index (χ0v) is 10.9. The fraction of sp³-hybridized carbons (Fsp3) is 0.909. The summed E-state index contributed by atoms with van der Waals surface area (Å²) in [4.78, 5) is 11.6. The monoisotopic (exact) mass is 248 g/mol. The summed E-state index contributed by atoms with van der Waals surface area (Å²) in [6, 6.07) is -0.495. The molecule has 3 N–H and O–H groups in total. The highest BCUT2D eigenvalue weighted by molar-refractivity contribution is 5.81. The lowest BCUT2D eigenvalue weighted by atomic mass is 10.1. The molecule has 6 heteroatoms. The van der Waals surface area contributed by atoms with E-state index in [-0.39, 0.29) is 12.0 Å². The van der Waals surface area contributed by atoms with Gasteiger partial charge in [0.05, 0.1) is 18.8 Å². The van der Waals surface area contributed by atoms with Gasteiger partial charge in [-0.25, -0.2) is 0 Å². The van der Waals surface area contributed by atoms with Gasteiger partial charge in [0.2, 0.25) is 5.91 Å². The van der Waals surface area contributed by atoms with Crippen LogP contribution in [0.1, 0.15) is 12.8 Å². The van der Waals surface area contributed by atoms with Crippen molar-refractivity contribution >= 4 is 5.91 Å². The molecule has 2 unspecified atom stereocenters. The lowest BCUT2D eigenvalue weighted by Crippen LogP contribution is -2.44. The van der Waals surface area contributed by atoms with E-state index in [4.69, 9.17) is 19.9 Å². The summed E-state index contributed by atoms with van der Waals surface area (Å²) in [5, 5.41) is 2.74. The minimum atomic E-state index is -0.495. The van der Waals surface area contributed by atoms with Crippen LogP contribution in [0.15, 0.2) is 0 Å². The van der Waals surface area contributed by atoms with E-state index < -0.39 is 6.04 Å². The van der Waals surface area contributed by atoms with E-state index in [2.05, 4.69) is 5.32 Å². The van der Waals surface area contributed by atoms with Crippen molar-refractivity contribution in [1.29, 1.82) is 0 Å². The number of amides is 1. The van der Waals surface area contributed by atoms with Gasteiger partial charge in [-0.05, 0) is 12.8 Å². The first kappa shape index (κ1) is 16.3. The van der Waals surface area contributed by atoms with Crippen LogP contribution in [-0.4, -0.2) is 59.1 Å². The van der Waals surface area contributed by atoms with Gasteiger partial charge in [-0.1, -0.05) is 0 Å². The normalized spacial score (nSPS) is 14.4. The number of hydrogen-bond donors (Lipinski definition) is 2. The van der Waals surface area contributed by atoms with Crippen LogP contribution < -0.4 is 11.1 Å². The Labute approximate surface area is 103 Å². The van der Waals surface area contributed by atoms with Crippen LogP contribution in [-0.2, 0) is 19.0 Å². The Balaban J connectivity index is 3.75. The number of ether oxygens (including phenoxy) is 3. The van der Waals surface area contributed by atoms with Gasteiger partial charge in [-0.3, -0.25) is 4.79 Å². The number of rotatable bonds is 10. The number of hydrogen-bond acceptors (Lipinski definition) is 5. The average molecular weight is 248 g/mol. The molecule has 0 bridgehead atoms. The molecule has 6 nitrogen and oxygen atoms in total. The third-order valence-electron chi connectivity index (χ3n) is 2.39. The van der Waals surface area contributed by atoms with E-state index in [1.807, 2.05) is 0 Å². The number of carbonyl (C=O) groups is 1. The second-order valence-corrected chi connectivity index (χ2v) is 3.80. The topological polar surface area (TPSA) is 82.8 Å². The molecule has 0 saturated carbocycles. The molecular formula is C11H24N2O4. The van der Waals surface area contributed by atoms with Gasteiger partial charge in [0.25, 0.3) is 0 Å². The van der Waals surface area contributed by atoms with Gasteiger partial charge < -0.3 is 25.3 Å². The highest BCUT2D eigenvalue weighted by Crippen LogP contribution is 1.96. The molecule has 0 aromatic carbocycles. The molecule has 17 heavy (non-hydrogen) atoms. The van der Waals surface area contributed by atoms with Crippen molar-refractivity contribution in [3.8, 4) is 0 Å². The van der Waals surface area contributed by atoms with Crippen LogP contribution in [0, 0.1) is 0 Å². The average Bonchev–Trinajstić information content (AvgIpc) is 2.34. The summed E-state index contributed by atoms with van der Waals surface area (Å²) >= 11 is 0. The second-order valence-electron chi connectivity index (χ2n) is 3.80. The van der Waals surface area contributed by atoms with Crippen LogP contribution in [0.5, 0.6) is 0 Å². The number of nitrogens with one attached hydrogen (secondary N) is 1. The van der Waals surface area contributed by atoms with Crippen molar-refractivity contribution in [3.63, 3.8) is 0 Å². The molecule has 0 rings (SSSR count). The summed E-state index contributed by atoms with van der Waals surface area (Å²) < 4.78 is 15.0. The fourth-order valence-corrected chi connectivity index (χ4v) is 1.32. The van der Waals surface area contributed by atoms with Gasteiger partial charge in [-0.2, -0.15) is 0 Å². The number of methoxy groups -OCH3 is 3. The Hall–Kier alpha value is -0.690. The molecule has 0 radical (unpaired) electrons. The Morgan fingerprint density at radius 3 is 2.53 bits per heavy atom. The number of carbonyl (C=O) groups excluding carboxylic acids is 1. The smallest absolute Gasteiger partial charge is 0.237 e. The van der Waals surface area contributed by atoms with Gasteiger partial charge >= 0.3 is 0 Å². The van der Waals surface area contributed by atoms with Gasteiger partial charge in [0.15, 0.2) is 0 Å². The molecular weight excluding hydrogens is 224 g/mol. The van der Waals surface area contributed by atoms with Crippen LogP contribution in [0.3, 0.4) is 0 Å². The van der Waals surface area contributed by atoms with Crippen molar-refractivity contribution in [2.75, 3.05) is 41.1 Å². The highest BCUT2D eigenvalue weighted by atomic mass is 16.5. The Kier molecular flexibility index (Phi) is 10.0. The summed E-state index contributed by atoms with van der Waals surface area (Å²) in [7, 11) is 4.79. The maximum Gasteiger partial charge on any atom is 0.237 e. The Morgan fingerprint density at radius 2 is 2.00 bits per heavy atom. The third kappa shape index (κ3) is 8.09. The van der Waals surface area contributed by atoms with Crippen molar-refractivity contribution in [3.05, 3.63) is 0 Å². The Bertz CT molecular complexity index is 202. The summed E-state index contributed by atoms with van der Waals surface area (Å²) in [5.74, 6) is -0.167. The van der Waals surface area contributed by atoms with Crippen LogP contribution in [0.25, 0.3) is 0 Å². The predicted octanol–water partition coefficient (Wildman–Crippen LogP) is -0.482. The molecule has 0 aromatic rings. The molecule has 0 aromatic heterocycles. The van der Waals surface area contributed by atoms with Crippen molar-refractivity contribution in [2.24, 2.45) is 5.73 Å². The van der Waals surface area contributed by atoms with Crippen LogP contribution in [0.4, 0.5) is 0 Å². The van der Waals surface area contributed by atoms with Gasteiger partial charge in [0, 0.05) is 34.5 Å². The molecule has 1 amide bonds. The lowest BCUT2D eigenvalue weighted by Gasteiger charge is -2.17. The van der Waals surface area contributed by atoms with Crippen LogP contribution >= 0.6 is 0 Å². The highest BCUT2D eigenvalue weighted by Gasteiger charge is 2.15. The zero-order valence-electron chi connectivity index (χ0n) is 10.9. The predicted molar refractivity (Wildman–Crippen MR) is 64.8 cm³/mol. The molecule has 102 valence electrons. The summed E-state index contributed by atoms with van der Waals surface area (Å²) in [5.41, 5.74) is 5.72. The maximum atomic E-state index is 11.6. The molecule has 0 aliphatic rings. The van der Waals surface area contributed by atoms with E-state index in [0.717, 1.165) is 6.42 Å². The standard InChI is InChI=1S/C11H24N2O4/c1-15-6-4-5-10(12)11(14)13-7-9(17-3)8-16-2/h9-10H,4-8,12H2,1-3H3,(H,13,14). The fourth-order valence-electron chi connectivity index (χ4n) is 1.32. The van der Waals surface area contributed by atoms with Gasteiger partial charge in [0.1, 0.15) is 0 Å². The van der Waals surface area contributed by atoms with E-state index >= 15 is 0 Å². The van der Waals surface area contributed by atoms with E-state index in [9.17, 15) is 4.79 Å². The zero-order chi connectivity index (χ0) is 13.1. The first-order valence-electron chi connectivity index (χ1n) is 5.69. The minimum Gasteiger partial charge on any atom is -0.385 e. The lowest BCUT2D eigenvalue weighted by molar-refractivity contribution is -0.123. The first-order valence-corrected chi connectivity index (χ1v) is 5.69. The first-order chi connectivity index (χ1) is 8.15. The summed E-state index contributed by atoms with van der Waals surface area (Å²) in [6.07, 6.45) is 1.24. The van der Waals surface area contributed by atoms with Crippen molar-refractivity contribution in [2.45, 2.75) is 25.0 Å². The quantitative estimate of drug-likeness (QED) is 0.510. The van der Waals surface area contributed by atoms with Crippen molar-refractivity contribution in [1.82, 2.24) is 5.32 Å². The SMILES string of the molecule is COCCCC(N)C(=O)NCC(COC)OC. The van der Waals surface area contributed by atoms with E-state index in [1.165, 1.54) is 0 Å². The minimum absolute atomic E-state index is 0.143. The molecule has 0 saturated heterocycles. The van der Waals surface area contributed by atoms with E-state index in [1.54, 1.807) is 21.3 Å². The van der Waals surface area contributed by atoms with E-state index in [0.29, 0.717) is 26.2 Å². The second kappa shape index (κ2) is 10.5. The van der Waals surface area contributed by atoms with Gasteiger partial charge in [-0.15, -0.1) is 0 Å².